The number of rotatable bonds is 7. The topological polar surface area (TPSA) is 95.7 Å². The molecule has 1 saturated heterocycles. The van der Waals surface area contributed by atoms with Gasteiger partial charge in [0.15, 0.2) is 0 Å². The van der Waals surface area contributed by atoms with Crippen molar-refractivity contribution in [2.75, 3.05) is 25.0 Å². The predicted octanol–water partition coefficient (Wildman–Crippen LogP) is 2.41. The highest BCUT2D eigenvalue weighted by Crippen LogP contribution is 2.22. The Morgan fingerprint density at radius 2 is 2.08 bits per heavy atom. The molecule has 0 aromatic heterocycles. The number of carbonyl (C=O) groups is 1. The Balaban J connectivity index is 1.73. The van der Waals surface area contributed by atoms with Gasteiger partial charge in [-0.3, -0.25) is 14.9 Å². The van der Waals surface area contributed by atoms with Crippen molar-refractivity contribution in [3.8, 4) is 0 Å². The van der Waals surface area contributed by atoms with Gasteiger partial charge in [0, 0.05) is 50.0 Å². The molecule has 0 bridgehead atoms. The molecular formula is C17H25N3O4. The summed E-state index contributed by atoms with van der Waals surface area (Å²) in [4.78, 5) is 24.4. The summed E-state index contributed by atoms with van der Waals surface area (Å²) in [6.45, 7) is 3.47. The Bertz CT molecular complexity index is 561. The van der Waals surface area contributed by atoms with Crippen molar-refractivity contribution >= 4 is 17.3 Å². The van der Waals surface area contributed by atoms with E-state index in [0.29, 0.717) is 25.9 Å². The number of benzene rings is 1. The van der Waals surface area contributed by atoms with Crippen LogP contribution in [0.1, 0.15) is 32.6 Å². The summed E-state index contributed by atoms with van der Waals surface area (Å²) in [5.74, 6) is 0.328. The largest absolute Gasteiger partial charge is 0.396 e. The number of piperidine rings is 1. The monoisotopic (exact) mass is 335 g/mol. The summed E-state index contributed by atoms with van der Waals surface area (Å²) in [7, 11) is 0. The number of aliphatic hydroxyl groups excluding tert-OH is 1. The van der Waals surface area contributed by atoms with Gasteiger partial charge in [-0.2, -0.15) is 0 Å². The zero-order chi connectivity index (χ0) is 17.5. The van der Waals surface area contributed by atoms with Gasteiger partial charge in [-0.05, 0) is 44.2 Å². The molecule has 7 nitrogen and oxygen atoms in total. The van der Waals surface area contributed by atoms with E-state index in [9.17, 15) is 20.0 Å². The molecule has 1 aliphatic rings. The smallest absolute Gasteiger partial charge is 0.269 e. The Kier molecular flexibility index (Phi) is 6.54. The molecule has 0 radical (unpaired) electrons. The maximum Gasteiger partial charge on any atom is 0.269 e. The number of hydrogen-bond acceptors (Lipinski definition) is 5. The zero-order valence-electron chi connectivity index (χ0n) is 14.0. The van der Waals surface area contributed by atoms with Gasteiger partial charge in [0.25, 0.3) is 5.69 Å². The molecule has 1 aromatic rings. The number of nitro groups is 1. The van der Waals surface area contributed by atoms with Crippen LogP contribution >= 0.6 is 0 Å². The molecular weight excluding hydrogens is 310 g/mol. The van der Waals surface area contributed by atoms with Crippen molar-refractivity contribution in [3.63, 3.8) is 0 Å². The van der Waals surface area contributed by atoms with E-state index < -0.39 is 4.92 Å². The molecule has 0 spiro atoms. The quantitative estimate of drug-likeness (QED) is 0.453. The normalized spacial score (nSPS) is 20.7. The Morgan fingerprint density at radius 1 is 1.38 bits per heavy atom. The van der Waals surface area contributed by atoms with Crippen LogP contribution in [0.4, 0.5) is 11.4 Å². The van der Waals surface area contributed by atoms with E-state index in [-0.39, 0.29) is 30.2 Å². The first-order valence-corrected chi connectivity index (χ1v) is 8.40. The second-order valence-corrected chi connectivity index (χ2v) is 6.36. The first-order chi connectivity index (χ1) is 11.5. The zero-order valence-corrected chi connectivity index (χ0v) is 14.0. The summed E-state index contributed by atoms with van der Waals surface area (Å²) in [6, 6.07) is 6.48. The van der Waals surface area contributed by atoms with Crippen LogP contribution in [0, 0.1) is 16.0 Å². The highest BCUT2D eigenvalue weighted by atomic mass is 16.6. The summed E-state index contributed by atoms with van der Waals surface area (Å²) >= 11 is 0. The fourth-order valence-corrected chi connectivity index (χ4v) is 3.00. The van der Waals surface area contributed by atoms with Crippen molar-refractivity contribution in [2.24, 2.45) is 5.92 Å². The number of nitrogens with one attached hydrogen (secondary N) is 1. The second-order valence-electron chi connectivity index (χ2n) is 6.36. The lowest BCUT2D eigenvalue weighted by Crippen LogP contribution is -2.46. The number of hydrogen-bond donors (Lipinski definition) is 2. The molecule has 0 aliphatic carbocycles. The van der Waals surface area contributed by atoms with E-state index in [1.165, 1.54) is 12.1 Å². The molecule has 2 unspecified atom stereocenters. The van der Waals surface area contributed by atoms with Gasteiger partial charge in [0.2, 0.25) is 5.91 Å². The second kappa shape index (κ2) is 8.63. The molecule has 132 valence electrons. The van der Waals surface area contributed by atoms with Crippen LogP contribution in [-0.4, -0.2) is 46.6 Å². The maximum atomic E-state index is 12.3. The minimum absolute atomic E-state index is 0.0632. The molecule has 1 fully saturated rings. The van der Waals surface area contributed by atoms with Gasteiger partial charge in [0.1, 0.15) is 0 Å². The highest BCUT2D eigenvalue weighted by Gasteiger charge is 2.27. The van der Waals surface area contributed by atoms with Crippen LogP contribution < -0.4 is 5.32 Å². The fourth-order valence-electron chi connectivity index (χ4n) is 3.00. The molecule has 7 heteroatoms. The van der Waals surface area contributed by atoms with E-state index >= 15 is 0 Å². The molecule has 24 heavy (non-hydrogen) atoms. The molecule has 1 aromatic carbocycles. The lowest BCUT2D eigenvalue weighted by molar-refractivity contribution is -0.384. The van der Waals surface area contributed by atoms with Crippen LogP contribution in [0.3, 0.4) is 0 Å². The van der Waals surface area contributed by atoms with Crippen LogP contribution in [0.2, 0.25) is 0 Å². The number of anilines is 1. The van der Waals surface area contributed by atoms with E-state index in [1.807, 2.05) is 4.90 Å². The van der Waals surface area contributed by atoms with Crippen molar-refractivity contribution in [1.82, 2.24) is 4.90 Å². The van der Waals surface area contributed by atoms with Crippen molar-refractivity contribution in [2.45, 2.75) is 38.6 Å². The first-order valence-electron chi connectivity index (χ1n) is 8.40. The number of non-ortho nitro benzene ring substituents is 1. The Hall–Kier alpha value is -2.15. The predicted molar refractivity (Wildman–Crippen MR) is 91.8 cm³/mol. The third-order valence-corrected chi connectivity index (χ3v) is 4.53. The van der Waals surface area contributed by atoms with E-state index in [0.717, 1.165) is 18.5 Å². The average Bonchev–Trinajstić information content (AvgIpc) is 2.59. The van der Waals surface area contributed by atoms with Gasteiger partial charge in [-0.1, -0.05) is 0 Å². The summed E-state index contributed by atoms with van der Waals surface area (Å²) in [6.07, 6.45) is 3.08. The van der Waals surface area contributed by atoms with Crippen LogP contribution in [0.25, 0.3) is 0 Å². The summed E-state index contributed by atoms with van der Waals surface area (Å²) < 4.78 is 0. The third kappa shape index (κ3) is 4.92. The van der Waals surface area contributed by atoms with Gasteiger partial charge in [-0.15, -0.1) is 0 Å². The minimum Gasteiger partial charge on any atom is -0.396 e. The van der Waals surface area contributed by atoms with E-state index in [2.05, 4.69) is 12.2 Å². The maximum absolute atomic E-state index is 12.3. The molecule has 1 heterocycles. The van der Waals surface area contributed by atoms with E-state index in [1.54, 1.807) is 12.1 Å². The molecule has 2 atom stereocenters. The van der Waals surface area contributed by atoms with Crippen molar-refractivity contribution in [1.29, 1.82) is 0 Å². The standard InChI is InChI=1S/C17H25N3O4/c1-13-4-5-14(12-21)11-19(13)17(22)3-2-10-18-15-6-8-16(9-7-15)20(23)24/h6-9,13-14,18,21H,2-5,10-12H2,1H3. The van der Waals surface area contributed by atoms with E-state index in [4.69, 9.17) is 0 Å². The lowest BCUT2D eigenvalue weighted by Gasteiger charge is -2.37. The van der Waals surface area contributed by atoms with Gasteiger partial charge < -0.3 is 15.3 Å². The van der Waals surface area contributed by atoms with Gasteiger partial charge >= 0.3 is 0 Å². The Morgan fingerprint density at radius 3 is 2.71 bits per heavy atom. The van der Waals surface area contributed by atoms with Crippen LogP contribution in [0.15, 0.2) is 24.3 Å². The number of nitrogens with zero attached hydrogens (tertiary/aromatic N) is 2. The van der Waals surface area contributed by atoms with Crippen molar-refractivity contribution < 1.29 is 14.8 Å². The fraction of sp³-hybridized carbons (Fsp3) is 0.588. The van der Waals surface area contributed by atoms with Crippen molar-refractivity contribution in [3.05, 3.63) is 34.4 Å². The summed E-state index contributed by atoms with van der Waals surface area (Å²) in [5, 5.41) is 23.0. The molecule has 1 aliphatic heterocycles. The third-order valence-electron chi connectivity index (χ3n) is 4.53. The first kappa shape index (κ1) is 18.2. The van der Waals surface area contributed by atoms with Crippen LogP contribution in [0.5, 0.6) is 0 Å². The number of amides is 1. The number of carbonyl (C=O) groups excluding carboxylic acids is 1. The molecule has 2 rings (SSSR count). The lowest BCUT2D eigenvalue weighted by atomic mass is 9.94. The minimum atomic E-state index is -0.429. The van der Waals surface area contributed by atoms with Gasteiger partial charge in [0.05, 0.1) is 4.92 Å². The molecule has 1 amide bonds. The average molecular weight is 335 g/mol. The van der Waals surface area contributed by atoms with Crippen LogP contribution in [-0.2, 0) is 4.79 Å². The number of nitro benzene ring substituents is 1. The SMILES string of the molecule is CC1CCC(CO)CN1C(=O)CCCNc1ccc([N+](=O)[O-])cc1. The molecule has 2 N–H and O–H groups in total. The number of likely N-dealkylation sites (tertiary alicyclic amines) is 1. The summed E-state index contributed by atoms with van der Waals surface area (Å²) in [5.41, 5.74) is 0.869. The van der Waals surface area contributed by atoms with Gasteiger partial charge in [-0.25, -0.2) is 0 Å². The number of aliphatic hydroxyl groups is 1. The molecule has 0 saturated carbocycles. The highest BCUT2D eigenvalue weighted by molar-refractivity contribution is 5.76. The Labute approximate surface area is 141 Å².